The molecular weight excluding hydrogens is 1010 g/mol. The standard InChI is InChI=1S/C56H46N2.C11H12.C8H10.C7H8/c1-5-16-51-52-38-37-49(39-54(52)56(3,4)53(51)6-2)57(46-31-25-41(26-32-46)40-17-9-7-10-18-40)47-33-27-42(28-34-47)43-29-35-48(36-30-43)58(45-21-11-8-12-22-45)55-24-15-20-44-19-13-14-23-50(44)55;1-3-10(4-2)11-8-6-5-7-9-11;1-7-4-3-5-8(2)6-7;1-7-5-3-2-4-6-7/h5-39H,2H2,1,3-4H3;3-9H,1H2,2H3;3-6H,1-2H3;2-6H,1H3/b16-5-;10-4+;;. The molecule has 2 heteroatoms. The van der Waals surface area contributed by atoms with Gasteiger partial charge in [0.15, 0.2) is 0 Å². The van der Waals surface area contributed by atoms with Gasteiger partial charge in [-0.2, -0.15) is 0 Å². The monoisotopic (exact) mass is 1090 g/mol. The van der Waals surface area contributed by atoms with E-state index in [0.717, 1.165) is 39.7 Å². The zero-order chi connectivity index (χ0) is 58.8. The van der Waals surface area contributed by atoms with Crippen molar-refractivity contribution in [3.05, 3.63) is 362 Å². The lowest BCUT2D eigenvalue weighted by molar-refractivity contribution is 0.654. The van der Waals surface area contributed by atoms with Crippen LogP contribution in [0.15, 0.2) is 328 Å². The third kappa shape index (κ3) is 14.0. The molecule has 0 atom stereocenters. The molecule has 0 fully saturated rings. The SMILES string of the molecule is C=C/C(=C\C)c1ccccc1.C=CC1=C(/C=C\C)c2ccc(N(c3ccc(-c4ccccc4)cc3)c3ccc(-c4ccc(N(c5ccccc5)c5cccc6ccccc56)cc4)cc3)cc2C1(C)C.Cc1cccc(C)c1.Cc1ccccc1. The van der Waals surface area contributed by atoms with Gasteiger partial charge in [-0.3, -0.25) is 0 Å². The summed E-state index contributed by atoms with van der Waals surface area (Å²) < 4.78 is 0. The molecule has 0 unspecified atom stereocenters. The highest BCUT2D eigenvalue weighted by Crippen LogP contribution is 2.50. The summed E-state index contributed by atoms with van der Waals surface area (Å²) >= 11 is 0. The van der Waals surface area contributed by atoms with Gasteiger partial charge in [0, 0.05) is 39.2 Å². The molecule has 0 heterocycles. The predicted octanol–water partition coefficient (Wildman–Crippen LogP) is 23.5. The van der Waals surface area contributed by atoms with Crippen molar-refractivity contribution >= 4 is 56.0 Å². The lowest BCUT2D eigenvalue weighted by Crippen LogP contribution is -2.17. The first-order valence-electron chi connectivity index (χ1n) is 29.0. The minimum absolute atomic E-state index is 0.176. The van der Waals surface area contributed by atoms with E-state index in [9.17, 15) is 0 Å². The molecule has 11 aromatic rings. The second kappa shape index (κ2) is 28.1. The molecule has 0 bridgehead atoms. The summed E-state index contributed by atoms with van der Waals surface area (Å²) in [6, 6.07) is 99.0. The van der Waals surface area contributed by atoms with Crippen molar-refractivity contribution in [3.8, 4) is 22.3 Å². The van der Waals surface area contributed by atoms with Crippen molar-refractivity contribution in [1.82, 2.24) is 0 Å². The average Bonchev–Trinajstić information content (AvgIpc) is 1.95. The Labute approximate surface area is 500 Å². The molecule has 12 rings (SSSR count). The fourth-order valence-electron chi connectivity index (χ4n) is 11.0. The number of hydrogen-bond donors (Lipinski definition) is 0. The van der Waals surface area contributed by atoms with Gasteiger partial charge in [0.25, 0.3) is 0 Å². The Kier molecular flexibility index (Phi) is 19.6. The molecule has 2 nitrogen and oxygen atoms in total. The van der Waals surface area contributed by atoms with Crippen LogP contribution < -0.4 is 9.80 Å². The van der Waals surface area contributed by atoms with Gasteiger partial charge >= 0.3 is 0 Å². The fourth-order valence-corrected chi connectivity index (χ4v) is 11.0. The van der Waals surface area contributed by atoms with Crippen molar-refractivity contribution in [1.29, 1.82) is 0 Å². The normalized spacial score (nSPS) is 12.2. The molecule has 1 aliphatic rings. The zero-order valence-corrected chi connectivity index (χ0v) is 49.8. The van der Waals surface area contributed by atoms with Crippen LogP contribution in [-0.2, 0) is 5.41 Å². The molecule has 0 spiro atoms. The van der Waals surface area contributed by atoms with Crippen LogP contribution in [0.1, 0.15) is 61.1 Å². The van der Waals surface area contributed by atoms with E-state index in [-0.39, 0.29) is 5.41 Å². The summed E-state index contributed by atoms with van der Waals surface area (Å²) in [4.78, 5) is 4.73. The molecule has 414 valence electrons. The number of fused-ring (bicyclic) bond motifs is 2. The average molecular weight is 1090 g/mol. The molecule has 11 aromatic carbocycles. The smallest absolute Gasteiger partial charge is 0.0540 e. The first-order chi connectivity index (χ1) is 41.0. The number of hydrogen-bond acceptors (Lipinski definition) is 2. The van der Waals surface area contributed by atoms with Gasteiger partial charge in [0.1, 0.15) is 0 Å². The number of nitrogens with zero attached hydrogens (tertiary/aromatic N) is 2. The molecule has 0 aliphatic heterocycles. The Balaban J connectivity index is 0.000000265. The number of allylic oxidation sites excluding steroid dienone is 8. The van der Waals surface area contributed by atoms with E-state index in [0.29, 0.717) is 0 Å². The van der Waals surface area contributed by atoms with Crippen LogP contribution in [0.3, 0.4) is 0 Å². The summed E-state index contributed by atoms with van der Waals surface area (Å²) in [6.07, 6.45) is 10.3. The lowest BCUT2D eigenvalue weighted by atomic mass is 9.81. The molecule has 0 radical (unpaired) electrons. The van der Waals surface area contributed by atoms with E-state index >= 15 is 0 Å². The first-order valence-corrected chi connectivity index (χ1v) is 29.0. The molecule has 1 aliphatic carbocycles. The number of anilines is 6. The number of rotatable bonds is 12. The van der Waals surface area contributed by atoms with Gasteiger partial charge in [-0.15, -0.1) is 0 Å². The molecule has 0 saturated carbocycles. The highest BCUT2D eigenvalue weighted by molar-refractivity contribution is 5.99. The van der Waals surface area contributed by atoms with Gasteiger partial charge in [-0.05, 0) is 162 Å². The van der Waals surface area contributed by atoms with Crippen LogP contribution in [0.2, 0.25) is 0 Å². The molecule has 0 N–H and O–H groups in total. The van der Waals surface area contributed by atoms with Crippen molar-refractivity contribution in [2.24, 2.45) is 0 Å². The van der Waals surface area contributed by atoms with Crippen LogP contribution in [-0.4, -0.2) is 0 Å². The maximum Gasteiger partial charge on any atom is 0.0540 e. The Morgan fingerprint density at radius 2 is 0.845 bits per heavy atom. The third-order valence-corrected chi connectivity index (χ3v) is 15.3. The number of benzene rings is 11. The molecule has 84 heavy (non-hydrogen) atoms. The van der Waals surface area contributed by atoms with Crippen LogP contribution in [0.25, 0.3) is 44.2 Å². The van der Waals surface area contributed by atoms with Crippen LogP contribution in [0.4, 0.5) is 34.1 Å². The van der Waals surface area contributed by atoms with E-state index in [1.807, 2.05) is 55.5 Å². The maximum absolute atomic E-state index is 4.22. The van der Waals surface area contributed by atoms with Gasteiger partial charge in [-0.1, -0.05) is 286 Å². The van der Waals surface area contributed by atoms with Gasteiger partial charge < -0.3 is 9.80 Å². The van der Waals surface area contributed by atoms with Gasteiger partial charge in [0.2, 0.25) is 0 Å². The van der Waals surface area contributed by atoms with E-state index in [1.54, 1.807) is 0 Å². The number of para-hydroxylation sites is 1. The Morgan fingerprint density at radius 1 is 0.405 bits per heavy atom. The van der Waals surface area contributed by atoms with Crippen LogP contribution >= 0.6 is 0 Å². The molecule has 0 aromatic heterocycles. The summed E-state index contributed by atoms with van der Waals surface area (Å²) in [7, 11) is 0. The van der Waals surface area contributed by atoms with E-state index in [2.05, 4.69) is 325 Å². The summed E-state index contributed by atoms with van der Waals surface area (Å²) in [6.45, 7) is 23.0. The topological polar surface area (TPSA) is 6.48 Å². The summed E-state index contributed by atoms with van der Waals surface area (Å²) in [5.74, 6) is 0. The summed E-state index contributed by atoms with van der Waals surface area (Å²) in [5, 5.41) is 2.44. The molecule has 0 saturated heterocycles. The second-order valence-corrected chi connectivity index (χ2v) is 21.5. The van der Waals surface area contributed by atoms with E-state index in [1.165, 1.54) is 77.6 Å². The maximum atomic E-state index is 4.22. The van der Waals surface area contributed by atoms with E-state index in [4.69, 9.17) is 0 Å². The van der Waals surface area contributed by atoms with Crippen LogP contribution in [0, 0.1) is 20.8 Å². The Morgan fingerprint density at radius 3 is 1.33 bits per heavy atom. The van der Waals surface area contributed by atoms with E-state index < -0.39 is 0 Å². The first kappa shape index (κ1) is 58.6. The van der Waals surface area contributed by atoms with Gasteiger partial charge in [-0.25, -0.2) is 0 Å². The second-order valence-electron chi connectivity index (χ2n) is 21.5. The predicted molar refractivity (Wildman–Crippen MR) is 367 cm³/mol. The molecule has 0 amide bonds. The molecular formula is C82H76N2. The lowest BCUT2D eigenvalue weighted by Gasteiger charge is -2.29. The third-order valence-electron chi connectivity index (χ3n) is 15.3. The van der Waals surface area contributed by atoms with Gasteiger partial charge in [0.05, 0.1) is 5.69 Å². The minimum Gasteiger partial charge on any atom is -0.310 e. The Bertz CT molecular complexity index is 4000. The van der Waals surface area contributed by atoms with Crippen molar-refractivity contribution in [2.45, 2.75) is 53.9 Å². The Hall–Kier alpha value is -10.0. The highest BCUT2D eigenvalue weighted by atomic mass is 15.1. The summed E-state index contributed by atoms with van der Waals surface area (Å²) in [5.41, 5.74) is 22.8. The van der Waals surface area contributed by atoms with Crippen molar-refractivity contribution in [2.75, 3.05) is 9.80 Å². The minimum atomic E-state index is -0.176. The van der Waals surface area contributed by atoms with Crippen molar-refractivity contribution < 1.29 is 0 Å². The fraction of sp³-hybridized carbons (Fsp3) is 0.0976. The quantitative estimate of drug-likeness (QED) is 0.113. The van der Waals surface area contributed by atoms with Crippen LogP contribution in [0.5, 0.6) is 0 Å². The highest BCUT2D eigenvalue weighted by Gasteiger charge is 2.36. The zero-order valence-electron chi connectivity index (χ0n) is 49.8. The largest absolute Gasteiger partial charge is 0.310 e. The number of aryl methyl sites for hydroxylation is 3. The van der Waals surface area contributed by atoms with Crippen molar-refractivity contribution in [3.63, 3.8) is 0 Å².